The zero-order valence-corrected chi connectivity index (χ0v) is 16.2. The average molecular weight is 380 g/mol. The lowest BCUT2D eigenvalue weighted by atomic mass is 9.70. The van der Waals surface area contributed by atoms with Gasteiger partial charge in [-0.1, -0.05) is 35.5 Å². The zero-order valence-electron chi connectivity index (χ0n) is 16.2. The van der Waals surface area contributed by atoms with E-state index in [0.29, 0.717) is 5.58 Å². The van der Waals surface area contributed by atoms with Gasteiger partial charge in [-0.2, -0.15) is 0 Å². The van der Waals surface area contributed by atoms with Gasteiger partial charge in [0.1, 0.15) is 11.6 Å². The molecule has 0 unspecified atom stereocenters. The van der Waals surface area contributed by atoms with Crippen LogP contribution in [0.1, 0.15) is 37.4 Å². The molecule has 1 aromatic heterocycles. The van der Waals surface area contributed by atoms with Crippen LogP contribution in [-0.4, -0.2) is 35.5 Å². The maximum absolute atomic E-state index is 13.3. The Morgan fingerprint density at radius 2 is 1.93 bits per heavy atom. The van der Waals surface area contributed by atoms with Crippen molar-refractivity contribution in [2.24, 2.45) is 0 Å². The summed E-state index contributed by atoms with van der Waals surface area (Å²) in [5.74, 6) is -0.0458. The zero-order chi connectivity index (χ0) is 19.6. The fourth-order valence-electron chi connectivity index (χ4n) is 4.37. The number of ketones is 1. The minimum atomic E-state index is -0.343. The predicted octanol–water partition coefficient (Wildman–Crippen LogP) is 4.52. The second-order valence-electron chi connectivity index (χ2n) is 7.72. The highest BCUT2D eigenvalue weighted by molar-refractivity contribution is 5.88. The van der Waals surface area contributed by atoms with Crippen LogP contribution in [0.4, 0.5) is 4.39 Å². The third-order valence-corrected chi connectivity index (χ3v) is 6.11. The molecule has 28 heavy (non-hydrogen) atoms. The molecule has 1 aliphatic rings. The summed E-state index contributed by atoms with van der Waals surface area (Å²) in [7, 11) is 0. The van der Waals surface area contributed by atoms with E-state index in [9.17, 15) is 9.18 Å². The molecule has 0 atom stereocenters. The molecule has 4 rings (SSSR count). The molecule has 0 N–H and O–H groups in total. The molecule has 0 amide bonds. The van der Waals surface area contributed by atoms with Crippen molar-refractivity contribution in [1.29, 1.82) is 0 Å². The van der Waals surface area contributed by atoms with Crippen molar-refractivity contribution in [2.45, 2.75) is 38.0 Å². The minimum absolute atomic E-state index is 0.264. The number of aryl methyl sites for hydroxylation is 1. The van der Waals surface area contributed by atoms with Crippen LogP contribution < -0.4 is 0 Å². The Hall–Kier alpha value is -2.53. The van der Waals surface area contributed by atoms with Gasteiger partial charge < -0.3 is 9.42 Å². The van der Waals surface area contributed by atoms with Crippen LogP contribution in [0.25, 0.3) is 11.0 Å². The number of likely N-dealkylation sites (tertiary alicyclic amines) is 1. The molecule has 1 saturated heterocycles. The Balaban J connectivity index is 1.34. The van der Waals surface area contributed by atoms with E-state index in [1.54, 1.807) is 13.0 Å². The van der Waals surface area contributed by atoms with Gasteiger partial charge in [0.2, 0.25) is 0 Å². The molecule has 2 heterocycles. The molecule has 0 bridgehead atoms. The van der Waals surface area contributed by atoms with E-state index in [4.69, 9.17) is 4.52 Å². The van der Waals surface area contributed by atoms with Crippen molar-refractivity contribution in [3.05, 3.63) is 65.6 Å². The number of piperidine rings is 1. The summed E-state index contributed by atoms with van der Waals surface area (Å²) in [4.78, 5) is 14.9. The Labute approximate surface area is 164 Å². The maximum Gasteiger partial charge on any atom is 0.170 e. The van der Waals surface area contributed by atoms with Gasteiger partial charge in [-0.05, 0) is 69.9 Å². The lowest BCUT2D eigenvalue weighted by Crippen LogP contribution is -2.46. The van der Waals surface area contributed by atoms with Crippen LogP contribution in [0.15, 0.2) is 53.1 Å². The molecule has 0 spiro atoms. The van der Waals surface area contributed by atoms with E-state index < -0.39 is 0 Å². The number of halogens is 1. The number of benzene rings is 2. The van der Waals surface area contributed by atoms with E-state index in [0.717, 1.165) is 62.0 Å². The highest BCUT2D eigenvalue weighted by atomic mass is 19.1. The summed E-state index contributed by atoms with van der Waals surface area (Å²) in [6.07, 6.45) is 3.47. The van der Waals surface area contributed by atoms with Crippen LogP contribution in [-0.2, 0) is 16.6 Å². The van der Waals surface area contributed by atoms with Crippen molar-refractivity contribution in [1.82, 2.24) is 10.1 Å². The van der Waals surface area contributed by atoms with E-state index in [1.165, 1.54) is 12.1 Å². The number of Topliss-reactive ketones (excluding diaryl/α,β-unsaturated/α-hetero) is 1. The SMILES string of the molecule is CC(=O)C1(c2ccccc2)CCN(CCCc2noc3cc(F)ccc23)CC1. The molecule has 1 aliphatic heterocycles. The van der Waals surface area contributed by atoms with E-state index >= 15 is 0 Å². The van der Waals surface area contributed by atoms with Crippen molar-refractivity contribution in [3.8, 4) is 0 Å². The molecule has 0 aliphatic carbocycles. The normalized spacial score (nSPS) is 17.1. The van der Waals surface area contributed by atoms with Gasteiger partial charge in [0.15, 0.2) is 5.58 Å². The Kier molecular flexibility index (Phi) is 5.27. The van der Waals surface area contributed by atoms with Crippen molar-refractivity contribution in [3.63, 3.8) is 0 Å². The molecule has 2 aromatic carbocycles. The van der Waals surface area contributed by atoms with Gasteiger partial charge in [-0.3, -0.25) is 4.79 Å². The van der Waals surface area contributed by atoms with E-state index in [-0.39, 0.29) is 17.0 Å². The molecule has 0 radical (unpaired) electrons. The number of carbonyl (C=O) groups excluding carboxylic acids is 1. The van der Waals surface area contributed by atoms with Crippen LogP contribution >= 0.6 is 0 Å². The summed E-state index contributed by atoms with van der Waals surface area (Å²) < 4.78 is 18.5. The third kappa shape index (κ3) is 3.59. The second-order valence-corrected chi connectivity index (χ2v) is 7.72. The molecule has 0 saturated carbocycles. The van der Waals surface area contributed by atoms with Crippen LogP contribution in [0.5, 0.6) is 0 Å². The topological polar surface area (TPSA) is 46.3 Å². The summed E-state index contributed by atoms with van der Waals surface area (Å²) in [6.45, 7) is 4.51. The molecule has 5 heteroatoms. The number of hydrogen-bond acceptors (Lipinski definition) is 4. The highest BCUT2D eigenvalue weighted by Crippen LogP contribution is 2.36. The fraction of sp³-hybridized carbons (Fsp3) is 0.391. The smallest absolute Gasteiger partial charge is 0.170 e. The Morgan fingerprint density at radius 3 is 2.64 bits per heavy atom. The summed E-state index contributed by atoms with van der Waals surface area (Å²) >= 11 is 0. The molecule has 4 nitrogen and oxygen atoms in total. The van der Waals surface area contributed by atoms with Gasteiger partial charge >= 0.3 is 0 Å². The van der Waals surface area contributed by atoms with Gasteiger partial charge in [0.05, 0.1) is 11.1 Å². The van der Waals surface area contributed by atoms with Gasteiger partial charge in [0.25, 0.3) is 0 Å². The highest BCUT2D eigenvalue weighted by Gasteiger charge is 2.40. The minimum Gasteiger partial charge on any atom is -0.356 e. The maximum atomic E-state index is 13.3. The number of fused-ring (bicyclic) bond motifs is 1. The van der Waals surface area contributed by atoms with Gasteiger partial charge in [0, 0.05) is 11.5 Å². The lowest BCUT2D eigenvalue weighted by molar-refractivity contribution is -0.124. The average Bonchev–Trinajstić information content (AvgIpc) is 3.11. The summed E-state index contributed by atoms with van der Waals surface area (Å²) in [5.41, 5.74) is 2.18. The number of nitrogens with zero attached hydrogens (tertiary/aromatic N) is 2. The number of rotatable bonds is 6. The number of carbonyl (C=O) groups is 1. The lowest BCUT2D eigenvalue weighted by Gasteiger charge is -2.40. The fourth-order valence-corrected chi connectivity index (χ4v) is 4.37. The first kappa shape index (κ1) is 18.8. The van der Waals surface area contributed by atoms with Crippen molar-refractivity contribution >= 4 is 16.8 Å². The molecule has 146 valence electrons. The third-order valence-electron chi connectivity index (χ3n) is 6.11. The van der Waals surface area contributed by atoms with E-state index in [2.05, 4.69) is 22.2 Å². The second kappa shape index (κ2) is 7.84. The first-order valence-corrected chi connectivity index (χ1v) is 9.91. The van der Waals surface area contributed by atoms with Crippen molar-refractivity contribution < 1.29 is 13.7 Å². The van der Waals surface area contributed by atoms with Crippen LogP contribution in [0.3, 0.4) is 0 Å². The Morgan fingerprint density at radius 1 is 1.18 bits per heavy atom. The standard InChI is InChI=1S/C23H25FN2O2/c1-17(27)23(18-6-3-2-4-7-18)11-14-26(15-12-23)13-5-8-21-20-10-9-19(24)16-22(20)28-25-21/h2-4,6-7,9-10,16H,5,8,11-15H2,1H3. The van der Waals surface area contributed by atoms with Crippen LogP contribution in [0.2, 0.25) is 0 Å². The van der Waals surface area contributed by atoms with E-state index in [1.807, 2.05) is 18.2 Å². The number of aromatic nitrogens is 1. The Bertz CT molecular complexity index is 959. The van der Waals surface area contributed by atoms with Gasteiger partial charge in [-0.15, -0.1) is 0 Å². The van der Waals surface area contributed by atoms with Crippen LogP contribution in [0, 0.1) is 5.82 Å². The quantitative estimate of drug-likeness (QED) is 0.631. The largest absolute Gasteiger partial charge is 0.356 e. The van der Waals surface area contributed by atoms with Gasteiger partial charge in [-0.25, -0.2) is 4.39 Å². The number of hydrogen-bond donors (Lipinski definition) is 0. The molecular weight excluding hydrogens is 355 g/mol. The summed E-state index contributed by atoms with van der Waals surface area (Å²) in [6, 6.07) is 14.7. The first-order valence-electron chi connectivity index (χ1n) is 9.91. The predicted molar refractivity (Wildman–Crippen MR) is 107 cm³/mol. The first-order chi connectivity index (χ1) is 13.6. The molecule has 1 fully saturated rings. The summed E-state index contributed by atoms with van der Waals surface area (Å²) in [5, 5.41) is 4.99. The monoisotopic (exact) mass is 380 g/mol. The molecule has 3 aromatic rings. The molecular formula is C23H25FN2O2. The van der Waals surface area contributed by atoms with Crippen molar-refractivity contribution in [2.75, 3.05) is 19.6 Å².